The second kappa shape index (κ2) is 2.58. The second-order valence-electron chi connectivity index (χ2n) is 2.15. The third-order valence-corrected chi connectivity index (χ3v) is 1.41. The molecule has 0 aliphatic heterocycles. The highest BCUT2D eigenvalue weighted by molar-refractivity contribution is 5.51. The summed E-state index contributed by atoms with van der Waals surface area (Å²) in [5.74, 6) is 0.616. The first kappa shape index (κ1) is 6.16. The van der Waals surface area contributed by atoms with E-state index in [2.05, 4.69) is 11.2 Å². The van der Waals surface area contributed by atoms with Gasteiger partial charge in [0.15, 0.2) is 6.26 Å². The van der Waals surface area contributed by atoms with E-state index in [4.69, 9.17) is 4.42 Å². The Morgan fingerprint density at radius 3 is 2.64 bits per heavy atom. The Morgan fingerprint density at radius 1 is 1.18 bits per heavy atom. The molecule has 0 spiro atoms. The lowest BCUT2D eigenvalue weighted by molar-refractivity contribution is 0.566. The van der Waals surface area contributed by atoms with Crippen LogP contribution in [0.3, 0.4) is 0 Å². The van der Waals surface area contributed by atoms with E-state index in [-0.39, 0.29) is 0 Å². The van der Waals surface area contributed by atoms with Crippen LogP contribution in [-0.4, -0.2) is 4.98 Å². The monoisotopic (exact) mass is 144 g/mol. The molecule has 0 unspecified atom stereocenters. The fraction of sp³-hybridized carbons (Fsp3) is 0. The minimum Gasteiger partial charge on any atom is -0.433 e. The summed E-state index contributed by atoms with van der Waals surface area (Å²) in [5.41, 5.74) is 0.980. The molecule has 0 saturated carbocycles. The minimum absolute atomic E-state index is 0.616. The summed E-state index contributed by atoms with van der Waals surface area (Å²) in [7, 11) is 0. The fourth-order valence-corrected chi connectivity index (χ4v) is 0.908. The highest BCUT2D eigenvalue weighted by Crippen LogP contribution is 2.14. The Balaban J connectivity index is 2.46. The Labute approximate surface area is 64.5 Å². The van der Waals surface area contributed by atoms with Gasteiger partial charge in [0.2, 0.25) is 5.89 Å². The van der Waals surface area contributed by atoms with Crippen molar-refractivity contribution in [1.29, 1.82) is 0 Å². The molecule has 2 rings (SSSR count). The van der Waals surface area contributed by atoms with Crippen molar-refractivity contribution in [3.05, 3.63) is 42.8 Å². The third kappa shape index (κ3) is 1.15. The average Bonchev–Trinajstić information content (AvgIpc) is 2.58. The van der Waals surface area contributed by atoms with Crippen molar-refractivity contribution in [1.82, 2.24) is 4.98 Å². The largest absolute Gasteiger partial charge is 0.433 e. The molecule has 2 nitrogen and oxygen atoms in total. The maximum atomic E-state index is 4.98. The summed E-state index contributed by atoms with van der Waals surface area (Å²) in [6.45, 7) is 0. The fourth-order valence-electron chi connectivity index (χ4n) is 0.908. The number of benzene rings is 1. The lowest BCUT2D eigenvalue weighted by atomic mass is 10.2. The van der Waals surface area contributed by atoms with E-state index in [9.17, 15) is 0 Å². The van der Waals surface area contributed by atoms with E-state index in [0.29, 0.717) is 5.89 Å². The van der Waals surface area contributed by atoms with Gasteiger partial charge in [-0.15, -0.1) is 0 Å². The summed E-state index contributed by atoms with van der Waals surface area (Å²) < 4.78 is 4.98. The molecule has 53 valence electrons. The third-order valence-electron chi connectivity index (χ3n) is 1.41. The van der Waals surface area contributed by atoms with Gasteiger partial charge in [0.25, 0.3) is 0 Å². The summed E-state index contributed by atoms with van der Waals surface area (Å²) in [4.78, 5) is 3.96. The molecule has 1 heterocycles. The number of nitrogens with zero attached hydrogens (tertiary/aromatic N) is 1. The van der Waals surface area contributed by atoms with Crippen LogP contribution in [0, 0.1) is 6.26 Å². The van der Waals surface area contributed by atoms with Crippen LogP contribution in [-0.2, 0) is 0 Å². The van der Waals surface area contributed by atoms with Crippen LogP contribution in [0.15, 0.2) is 40.9 Å². The van der Waals surface area contributed by atoms with Crippen molar-refractivity contribution < 1.29 is 4.42 Å². The quantitative estimate of drug-likeness (QED) is 0.612. The number of oxazole rings is 1. The predicted octanol–water partition coefficient (Wildman–Crippen LogP) is 2.14. The predicted molar refractivity (Wildman–Crippen MR) is 40.8 cm³/mol. The first-order valence-electron chi connectivity index (χ1n) is 3.34. The Kier molecular flexibility index (Phi) is 1.44. The molecular weight excluding hydrogens is 138 g/mol. The molecule has 0 aliphatic rings. The summed E-state index contributed by atoms with van der Waals surface area (Å²) >= 11 is 0. The Bertz CT molecular complexity index is 313. The van der Waals surface area contributed by atoms with E-state index in [1.165, 1.54) is 6.20 Å². The highest BCUT2D eigenvalue weighted by atomic mass is 16.3. The number of aromatic nitrogens is 1. The molecule has 0 atom stereocenters. The van der Waals surface area contributed by atoms with Crippen LogP contribution in [0.25, 0.3) is 11.5 Å². The maximum absolute atomic E-state index is 4.98. The van der Waals surface area contributed by atoms with Crippen molar-refractivity contribution >= 4 is 0 Å². The molecule has 1 aromatic heterocycles. The molecule has 0 amide bonds. The zero-order chi connectivity index (χ0) is 7.52. The topological polar surface area (TPSA) is 26.0 Å². The lowest BCUT2D eigenvalue weighted by Gasteiger charge is -1.90. The van der Waals surface area contributed by atoms with Crippen molar-refractivity contribution in [3.8, 4) is 11.5 Å². The van der Waals surface area contributed by atoms with Gasteiger partial charge in [-0.25, -0.2) is 4.98 Å². The van der Waals surface area contributed by atoms with Crippen molar-refractivity contribution in [2.24, 2.45) is 0 Å². The van der Waals surface area contributed by atoms with E-state index < -0.39 is 0 Å². The van der Waals surface area contributed by atoms with Crippen molar-refractivity contribution in [2.45, 2.75) is 0 Å². The van der Waals surface area contributed by atoms with Gasteiger partial charge >= 0.3 is 0 Å². The van der Waals surface area contributed by atoms with E-state index >= 15 is 0 Å². The van der Waals surface area contributed by atoms with Gasteiger partial charge in [-0.05, 0) is 12.1 Å². The molecule has 0 saturated heterocycles. The molecule has 0 aliphatic carbocycles. The van der Waals surface area contributed by atoms with Crippen LogP contribution >= 0.6 is 0 Å². The Morgan fingerprint density at radius 2 is 2.00 bits per heavy atom. The molecule has 1 aromatic carbocycles. The van der Waals surface area contributed by atoms with Gasteiger partial charge in [0.05, 0.1) is 6.20 Å². The van der Waals surface area contributed by atoms with E-state index in [0.717, 1.165) is 5.56 Å². The summed E-state index contributed by atoms with van der Waals surface area (Å²) in [5, 5.41) is 0. The van der Waals surface area contributed by atoms with Gasteiger partial charge in [-0.3, -0.25) is 0 Å². The molecule has 2 heteroatoms. The SMILES string of the molecule is [c]1cnc(-c2ccccc2)o1. The smallest absolute Gasteiger partial charge is 0.226 e. The van der Waals surface area contributed by atoms with Crippen LogP contribution in [0.5, 0.6) is 0 Å². The van der Waals surface area contributed by atoms with Crippen LogP contribution in [0.2, 0.25) is 0 Å². The lowest BCUT2D eigenvalue weighted by Crippen LogP contribution is -1.73. The molecule has 11 heavy (non-hydrogen) atoms. The summed E-state index contributed by atoms with van der Waals surface area (Å²) in [6, 6.07) is 9.73. The molecule has 1 radical (unpaired) electrons. The van der Waals surface area contributed by atoms with Gasteiger partial charge in [-0.2, -0.15) is 0 Å². The number of hydrogen-bond acceptors (Lipinski definition) is 2. The van der Waals surface area contributed by atoms with Gasteiger partial charge < -0.3 is 4.42 Å². The molecule has 0 fully saturated rings. The van der Waals surface area contributed by atoms with Crippen LogP contribution in [0.1, 0.15) is 0 Å². The Hall–Kier alpha value is -1.57. The average molecular weight is 144 g/mol. The van der Waals surface area contributed by atoms with E-state index in [1.54, 1.807) is 0 Å². The summed E-state index contributed by atoms with van der Waals surface area (Å²) in [6.07, 6.45) is 4.06. The molecule has 2 aromatic rings. The van der Waals surface area contributed by atoms with Crippen molar-refractivity contribution in [2.75, 3.05) is 0 Å². The highest BCUT2D eigenvalue weighted by Gasteiger charge is 1.98. The zero-order valence-corrected chi connectivity index (χ0v) is 5.82. The second-order valence-corrected chi connectivity index (χ2v) is 2.15. The first-order valence-corrected chi connectivity index (χ1v) is 3.34. The molecular formula is C9H6NO. The van der Waals surface area contributed by atoms with Gasteiger partial charge in [0, 0.05) is 5.56 Å². The van der Waals surface area contributed by atoms with Crippen LogP contribution in [0.4, 0.5) is 0 Å². The van der Waals surface area contributed by atoms with Crippen molar-refractivity contribution in [3.63, 3.8) is 0 Å². The minimum atomic E-state index is 0.616. The maximum Gasteiger partial charge on any atom is 0.226 e. The zero-order valence-electron chi connectivity index (χ0n) is 5.82. The van der Waals surface area contributed by atoms with E-state index in [1.807, 2.05) is 30.3 Å². The normalized spacial score (nSPS) is 9.82. The molecule has 0 bridgehead atoms. The first-order chi connectivity index (χ1) is 5.47. The standard InChI is InChI=1S/C9H6NO/c1-2-4-8(5-3-1)9-10-6-7-11-9/h1-6H. The van der Waals surface area contributed by atoms with Crippen LogP contribution < -0.4 is 0 Å². The number of hydrogen-bond donors (Lipinski definition) is 0. The van der Waals surface area contributed by atoms with Gasteiger partial charge in [0.1, 0.15) is 0 Å². The molecule has 0 N–H and O–H groups in total. The number of rotatable bonds is 1. The van der Waals surface area contributed by atoms with Gasteiger partial charge in [-0.1, -0.05) is 18.2 Å².